The monoisotopic (exact) mass is 128 g/mol. The predicted octanol–water partition coefficient (Wildman–Crippen LogP) is -2.33. The molecule has 0 heterocycles. The van der Waals surface area contributed by atoms with E-state index in [9.17, 15) is 8.76 Å². The molecule has 1 atom stereocenters. The molecule has 0 N–H and O–H groups in total. The number of rotatable bonds is 3. The van der Waals surface area contributed by atoms with Crippen LogP contribution in [0, 0.1) is 0 Å². The normalized spacial score (nSPS) is 12.2. The summed E-state index contributed by atoms with van der Waals surface area (Å²) in [6, 6.07) is 0. The standard InChI is InChI=1S/C4H10O2S.Li/c1-2-3-4-7(5)6;/h2-4H2,1H3,(H,5,6);/q;+1/p-1. The van der Waals surface area contributed by atoms with E-state index < -0.39 is 11.1 Å². The van der Waals surface area contributed by atoms with E-state index in [1.807, 2.05) is 6.92 Å². The van der Waals surface area contributed by atoms with Crippen molar-refractivity contribution in [1.29, 1.82) is 0 Å². The van der Waals surface area contributed by atoms with Crippen molar-refractivity contribution in [3.05, 3.63) is 0 Å². The summed E-state index contributed by atoms with van der Waals surface area (Å²) in [5.41, 5.74) is 0. The minimum Gasteiger partial charge on any atom is -0.772 e. The second kappa shape index (κ2) is 7.71. The van der Waals surface area contributed by atoms with Crippen LogP contribution in [0.4, 0.5) is 0 Å². The van der Waals surface area contributed by atoms with Crippen LogP contribution in [0.15, 0.2) is 0 Å². The van der Waals surface area contributed by atoms with E-state index in [0.717, 1.165) is 12.8 Å². The van der Waals surface area contributed by atoms with Gasteiger partial charge in [-0.05, 0) is 6.42 Å². The van der Waals surface area contributed by atoms with Crippen LogP contribution in [0.5, 0.6) is 0 Å². The van der Waals surface area contributed by atoms with E-state index in [-0.39, 0.29) is 18.9 Å². The van der Waals surface area contributed by atoms with Crippen molar-refractivity contribution in [1.82, 2.24) is 0 Å². The third kappa shape index (κ3) is 9.86. The van der Waals surface area contributed by atoms with Crippen LogP contribution < -0.4 is 18.9 Å². The minimum absolute atomic E-state index is 0. The Balaban J connectivity index is 0. The van der Waals surface area contributed by atoms with Crippen molar-refractivity contribution >= 4 is 11.1 Å². The number of hydrogen-bond acceptors (Lipinski definition) is 2. The average Bonchev–Trinajstić information content (AvgIpc) is 1.61. The maximum absolute atomic E-state index is 9.76. The fraction of sp³-hybridized carbons (Fsp3) is 1.00. The molecule has 0 saturated heterocycles. The molecule has 0 aromatic carbocycles. The summed E-state index contributed by atoms with van der Waals surface area (Å²) in [6.45, 7) is 1.97. The van der Waals surface area contributed by atoms with Gasteiger partial charge in [0.05, 0.1) is 0 Å². The fourth-order valence-electron chi connectivity index (χ4n) is 0.262. The second-order valence-electron chi connectivity index (χ2n) is 1.36. The average molecular weight is 128 g/mol. The van der Waals surface area contributed by atoms with Gasteiger partial charge in [0.1, 0.15) is 0 Å². The van der Waals surface area contributed by atoms with Gasteiger partial charge >= 0.3 is 18.9 Å². The van der Waals surface area contributed by atoms with Gasteiger partial charge in [-0.1, -0.05) is 24.4 Å². The second-order valence-corrected chi connectivity index (χ2v) is 2.38. The van der Waals surface area contributed by atoms with Gasteiger partial charge in [-0.2, -0.15) is 0 Å². The Labute approximate surface area is 64.5 Å². The van der Waals surface area contributed by atoms with Gasteiger partial charge in [0.25, 0.3) is 0 Å². The first-order valence-electron chi connectivity index (χ1n) is 2.33. The van der Waals surface area contributed by atoms with E-state index in [4.69, 9.17) is 0 Å². The summed E-state index contributed by atoms with van der Waals surface area (Å²) in [5, 5.41) is 0. The van der Waals surface area contributed by atoms with E-state index >= 15 is 0 Å². The van der Waals surface area contributed by atoms with E-state index in [0.29, 0.717) is 5.75 Å². The Morgan fingerprint density at radius 2 is 2.12 bits per heavy atom. The third-order valence-corrected chi connectivity index (χ3v) is 1.29. The zero-order valence-electron chi connectivity index (χ0n) is 5.35. The van der Waals surface area contributed by atoms with E-state index in [1.54, 1.807) is 0 Å². The Morgan fingerprint density at radius 1 is 1.62 bits per heavy atom. The predicted molar refractivity (Wildman–Crippen MR) is 28.7 cm³/mol. The van der Waals surface area contributed by atoms with Crippen LogP contribution in [-0.4, -0.2) is 14.5 Å². The molecule has 0 aliphatic rings. The Hall–Kier alpha value is 0.707. The molecule has 0 radical (unpaired) electrons. The molecule has 4 heteroatoms. The third-order valence-electron chi connectivity index (χ3n) is 0.665. The van der Waals surface area contributed by atoms with Crippen LogP contribution in [0.1, 0.15) is 19.8 Å². The first kappa shape index (κ1) is 11.5. The molecule has 0 fully saturated rings. The molecule has 0 spiro atoms. The summed E-state index contributed by atoms with van der Waals surface area (Å²) >= 11 is -1.82. The van der Waals surface area contributed by atoms with Gasteiger partial charge < -0.3 is 4.55 Å². The van der Waals surface area contributed by atoms with Crippen molar-refractivity contribution in [2.75, 3.05) is 5.75 Å². The maximum atomic E-state index is 9.76. The Bertz CT molecular complexity index is 67.1. The molecular formula is C4H9LiO2S. The van der Waals surface area contributed by atoms with Crippen LogP contribution in [0.3, 0.4) is 0 Å². The Morgan fingerprint density at radius 3 is 2.25 bits per heavy atom. The first-order chi connectivity index (χ1) is 3.27. The number of hydrogen-bond donors (Lipinski definition) is 0. The smallest absolute Gasteiger partial charge is 0.772 e. The van der Waals surface area contributed by atoms with Crippen molar-refractivity contribution in [2.24, 2.45) is 0 Å². The molecule has 0 rings (SSSR count). The van der Waals surface area contributed by atoms with Crippen LogP contribution in [0.2, 0.25) is 0 Å². The molecule has 0 bridgehead atoms. The molecule has 0 aliphatic heterocycles. The van der Waals surface area contributed by atoms with Gasteiger partial charge in [0.2, 0.25) is 0 Å². The van der Waals surface area contributed by atoms with Gasteiger partial charge in [0, 0.05) is 5.75 Å². The molecule has 44 valence electrons. The quantitative estimate of drug-likeness (QED) is 0.316. The summed E-state index contributed by atoms with van der Waals surface area (Å²) in [7, 11) is 0. The molecule has 0 aromatic rings. The van der Waals surface area contributed by atoms with Crippen molar-refractivity contribution in [3.8, 4) is 0 Å². The summed E-state index contributed by atoms with van der Waals surface area (Å²) in [5.74, 6) is 0.316. The molecule has 0 aromatic heterocycles. The van der Waals surface area contributed by atoms with Crippen LogP contribution in [0.25, 0.3) is 0 Å². The Kier molecular flexibility index (Phi) is 11.1. The fourth-order valence-corrected chi connectivity index (χ4v) is 0.787. The van der Waals surface area contributed by atoms with Gasteiger partial charge in [-0.15, -0.1) is 0 Å². The first-order valence-corrected chi connectivity index (χ1v) is 3.57. The van der Waals surface area contributed by atoms with Gasteiger partial charge in [0.15, 0.2) is 0 Å². The SMILES string of the molecule is CCCCS(=O)[O-].[Li+]. The van der Waals surface area contributed by atoms with Crippen LogP contribution >= 0.6 is 0 Å². The molecular weight excluding hydrogens is 119 g/mol. The van der Waals surface area contributed by atoms with E-state index in [2.05, 4.69) is 0 Å². The van der Waals surface area contributed by atoms with Crippen LogP contribution in [-0.2, 0) is 11.1 Å². The van der Waals surface area contributed by atoms with Gasteiger partial charge in [-0.3, -0.25) is 4.21 Å². The number of unbranched alkanes of at least 4 members (excludes halogenated alkanes) is 1. The zero-order valence-corrected chi connectivity index (χ0v) is 6.16. The van der Waals surface area contributed by atoms with Gasteiger partial charge in [-0.25, -0.2) is 0 Å². The summed E-state index contributed by atoms with van der Waals surface area (Å²) < 4.78 is 19.5. The molecule has 0 saturated carbocycles. The molecule has 0 aliphatic carbocycles. The minimum atomic E-state index is -1.82. The topological polar surface area (TPSA) is 40.1 Å². The van der Waals surface area contributed by atoms with Crippen molar-refractivity contribution in [2.45, 2.75) is 19.8 Å². The maximum Gasteiger partial charge on any atom is 1.00 e. The molecule has 0 amide bonds. The molecule has 2 nitrogen and oxygen atoms in total. The molecule has 8 heavy (non-hydrogen) atoms. The summed E-state index contributed by atoms with van der Waals surface area (Å²) in [6.07, 6.45) is 1.74. The largest absolute Gasteiger partial charge is 1.00 e. The summed E-state index contributed by atoms with van der Waals surface area (Å²) in [4.78, 5) is 0. The zero-order chi connectivity index (χ0) is 5.70. The van der Waals surface area contributed by atoms with Crippen molar-refractivity contribution < 1.29 is 27.6 Å². The van der Waals surface area contributed by atoms with Crippen molar-refractivity contribution in [3.63, 3.8) is 0 Å². The van der Waals surface area contributed by atoms with E-state index in [1.165, 1.54) is 0 Å². The molecule has 1 unspecified atom stereocenters.